The lowest BCUT2D eigenvalue weighted by Gasteiger charge is -2.18. The predicted octanol–water partition coefficient (Wildman–Crippen LogP) is 2.24. The third kappa shape index (κ3) is 3.63. The van der Waals surface area contributed by atoms with Crippen LogP contribution in [0.4, 0.5) is 5.82 Å². The molecular formula is C20H24N6O. The van der Waals surface area contributed by atoms with Gasteiger partial charge < -0.3 is 10.2 Å². The maximum atomic E-state index is 12.4. The highest BCUT2D eigenvalue weighted by molar-refractivity contribution is 5.78. The first kappa shape index (κ1) is 17.5. The first-order chi connectivity index (χ1) is 13.1. The zero-order valence-electron chi connectivity index (χ0n) is 15.7. The van der Waals surface area contributed by atoms with Gasteiger partial charge in [-0.3, -0.25) is 4.79 Å². The predicted molar refractivity (Wildman–Crippen MR) is 104 cm³/mol. The first-order valence-electron chi connectivity index (χ1n) is 9.34. The molecule has 1 amide bonds. The van der Waals surface area contributed by atoms with Crippen molar-refractivity contribution in [2.45, 2.75) is 26.7 Å². The van der Waals surface area contributed by atoms with Crippen LogP contribution in [-0.4, -0.2) is 50.0 Å². The minimum absolute atomic E-state index is 0.242. The number of rotatable bonds is 6. The number of hydrogen-bond donors (Lipinski definition) is 1. The van der Waals surface area contributed by atoms with Crippen LogP contribution >= 0.6 is 0 Å². The molecule has 3 aromatic rings. The second kappa shape index (κ2) is 7.34. The number of carbonyl (C=O) groups is 1. The summed E-state index contributed by atoms with van der Waals surface area (Å²) in [5, 5.41) is 7.74. The Kier molecular flexibility index (Phi) is 4.75. The Morgan fingerprint density at radius 3 is 2.85 bits per heavy atom. The minimum Gasteiger partial charge on any atom is -0.369 e. The van der Waals surface area contributed by atoms with Gasteiger partial charge in [0, 0.05) is 43.2 Å². The van der Waals surface area contributed by atoms with E-state index in [1.54, 1.807) is 4.52 Å². The van der Waals surface area contributed by atoms with Crippen LogP contribution in [0.1, 0.15) is 23.2 Å². The van der Waals surface area contributed by atoms with Crippen molar-refractivity contribution in [2.24, 2.45) is 5.92 Å². The molecule has 7 nitrogen and oxygen atoms in total. The van der Waals surface area contributed by atoms with Crippen molar-refractivity contribution in [1.29, 1.82) is 0 Å². The van der Waals surface area contributed by atoms with Crippen LogP contribution in [0.2, 0.25) is 0 Å². The van der Waals surface area contributed by atoms with Gasteiger partial charge >= 0.3 is 0 Å². The van der Waals surface area contributed by atoms with Crippen LogP contribution in [-0.2, 0) is 11.2 Å². The maximum absolute atomic E-state index is 12.4. The van der Waals surface area contributed by atoms with Gasteiger partial charge in [0.1, 0.15) is 12.1 Å². The summed E-state index contributed by atoms with van der Waals surface area (Å²) in [5.74, 6) is 2.03. The van der Waals surface area contributed by atoms with Crippen molar-refractivity contribution in [3.63, 3.8) is 0 Å². The van der Waals surface area contributed by atoms with Crippen LogP contribution in [0.15, 0.2) is 36.7 Å². The largest absolute Gasteiger partial charge is 0.369 e. The number of anilines is 1. The average molecular weight is 364 g/mol. The van der Waals surface area contributed by atoms with Crippen LogP contribution in [0, 0.1) is 19.8 Å². The van der Waals surface area contributed by atoms with Gasteiger partial charge in [0.2, 0.25) is 5.91 Å². The van der Waals surface area contributed by atoms with Crippen molar-refractivity contribution in [2.75, 3.05) is 25.0 Å². The van der Waals surface area contributed by atoms with E-state index in [0.717, 1.165) is 43.1 Å². The van der Waals surface area contributed by atoms with Gasteiger partial charge in [-0.2, -0.15) is 14.6 Å². The van der Waals surface area contributed by atoms with Gasteiger partial charge in [-0.15, -0.1) is 0 Å². The molecule has 27 heavy (non-hydrogen) atoms. The van der Waals surface area contributed by atoms with Crippen molar-refractivity contribution in [3.05, 3.63) is 53.5 Å². The van der Waals surface area contributed by atoms with Crippen LogP contribution in [0.3, 0.4) is 0 Å². The Morgan fingerprint density at radius 1 is 1.22 bits per heavy atom. The average Bonchev–Trinajstić information content (AvgIpc) is 3.27. The lowest BCUT2D eigenvalue weighted by molar-refractivity contribution is -0.127. The van der Waals surface area contributed by atoms with Gasteiger partial charge in [-0.25, -0.2) is 4.98 Å². The van der Waals surface area contributed by atoms with E-state index < -0.39 is 0 Å². The van der Waals surface area contributed by atoms with E-state index in [0.29, 0.717) is 18.1 Å². The van der Waals surface area contributed by atoms with E-state index in [4.69, 9.17) is 0 Å². The number of hydrogen-bond acceptors (Lipinski definition) is 5. The van der Waals surface area contributed by atoms with E-state index in [9.17, 15) is 4.79 Å². The summed E-state index contributed by atoms with van der Waals surface area (Å²) < 4.78 is 1.73. The fourth-order valence-corrected chi connectivity index (χ4v) is 3.60. The van der Waals surface area contributed by atoms with Gasteiger partial charge in [0.25, 0.3) is 5.78 Å². The molecule has 0 aliphatic carbocycles. The Bertz CT molecular complexity index is 952. The van der Waals surface area contributed by atoms with Crippen LogP contribution in [0.25, 0.3) is 5.78 Å². The number of carbonyl (C=O) groups excluding carboxylic acids is 1. The molecule has 1 aliphatic rings. The Labute approximate surface area is 158 Å². The topological polar surface area (TPSA) is 75.4 Å². The SMILES string of the molecule is Cc1nc2ncnn2c(NCC2CC(=O)N(CCc3ccccc3)C2)c1C. The minimum atomic E-state index is 0.242. The summed E-state index contributed by atoms with van der Waals surface area (Å²) in [4.78, 5) is 23.0. The molecule has 4 rings (SSSR count). The molecule has 0 spiro atoms. The number of likely N-dealkylation sites (tertiary alicyclic amines) is 1. The van der Waals surface area contributed by atoms with E-state index in [1.165, 1.54) is 11.9 Å². The molecule has 0 bridgehead atoms. The summed E-state index contributed by atoms with van der Waals surface area (Å²) in [5.41, 5.74) is 3.26. The summed E-state index contributed by atoms with van der Waals surface area (Å²) in [6, 6.07) is 10.3. The molecule has 1 fully saturated rings. The molecule has 7 heteroatoms. The zero-order chi connectivity index (χ0) is 18.8. The van der Waals surface area contributed by atoms with E-state index >= 15 is 0 Å². The highest BCUT2D eigenvalue weighted by Crippen LogP contribution is 2.22. The van der Waals surface area contributed by atoms with E-state index in [1.807, 2.05) is 36.9 Å². The normalized spacial score (nSPS) is 17.0. The Balaban J connectivity index is 1.38. The number of fused-ring (bicyclic) bond motifs is 1. The Hall–Kier alpha value is -2.96. The highest BCUT2D eigenvalue weighted by Gasteiger charge is 2.29. The second-order valence-electron chi connectivity index (χ2n) is 7.17. The number of benzene rings is 1. The molecule has 1 aliphatic heterocycles. The molecule has 1 saturated heterocycles. The van der Waals surface area contributed by atoms with Crippen LogP contribution in [0.5, 0.6) is 0 Å². The molecule has 1 unspecified atom stereocenters. The fourth-order valence-electron chi connectivity index (χ4n) is 3.60. The lowest BCUT2D eigenvalue weighted by atomic mass is 10.1. The third-order valence-corrected chi connectivity index (χ3v) is 5.27. The van der Waals surface area contributed by atoms with Crippen molar-refractivity contribution < 1.29 is 4.79 Å². The lowest BCUT2D eigenvalue weighted by Crippen LogP contribution is -2.28. The third-order valence-electron chi connectivity index (χ3n) is 5.27. The molecule has 2 aromatic heterocycles. The summed E-state index contributed by atoms with van der Waals surface area (Å²) in [6.07, 6.45) is 3.00. The van der Waals surface area contributed by atoms with Gasteiger partial charge in [0.05, 0.1) is 0 Å². The molecule has 3 heterocycles. The molecule has 1 N–H and O–H groups in total. The quantitative estimate of drug-likeness (QED) is 0.726. The number of nitrogens with one attached hydrogen (secondary N) is 1. The second-order valence-corrected chi connectivity index (χ2v) is 7.17. The zero-order valence-corrected chi connectivity index (χ0v) is 15.7. The molecule has 1 atom stereocenters. The summed E-state index contributed by atoms with van der Waals surface area (Å²) in [6.45, 7) is 6.30. The number of aromatic nitrogens is 4. The Morgan fingerprint density at radius 2 is 2.04 bits per heavy atom. The van der Waals surface area contributed by atoms with Crippen LogP contribution < -0.4 is 5.32 Å². The fraction of sp³-hybridized carbons (Fsp3) is 0.400. The molecule has 1 aromatic carbocycles. The molecule has 0 radical (unpaired) electrons. The number of aryl methyl sites for hydroxylation is 1. The standard InChI is InChI=1S/C20H24N6O/c1-14-15(2)24-20-22-13-23-26(20)19(14)21-11-17-10-18(27)25(12-17)9-8-16-6-4-3-5-7-16/h3-7,13,17,21H,8-12H2,1-2H3. The monoisotopic (exact) mass is 364 g/mol. The van der Waals surface area contributed by atoms with Gasteiger partial charge in [-0.05, 0) is 25.8 Å². The van der Waals surface area contributed by atoms with Crippen molar-refractivity contribution in [1.82, 2.24) is 24.5 Å². The van der Waals surface area contributed by atoms with Crippen molar-refractivity contribution >= 4 is 17.5 Å². The first-order valence-corrected chi connectivity index (χ1v) is 9.34. The maximum Gasteiger partial charge on any atom is 0.254 e. The van der Waals surface area contributed by atoms with Gasteiger partial charge in [0.15, 0.2) is 0 Å². The number of nitrogens with zero attached hydrogens (tertiary/aromatic N) is 5. The molecule has 140 valence electrons. The van der Waals surface area contributed by atoms with E-state index in [2.05, 4.69) is 32.5 Å². The number of amides is 1. The van der Waals surface area contributed by atoms with Crippen molar-refractivity contribution in [3.8, 4) is 0 Å². The summed E-state index contributed by atoms with van der Waals surface area (Å²) >= 11 is 0. The van der Waals surface area contributed by atoms with Gasteiger partial charge in [-0.1, -0.05) is 30.3 Å². The van der Waals surface area contributed by atoms with E-state index in [-0.39, 0.29) is 5.91 Å². The summed E-state index contributed by atoms with van der Waals surface area (Å²) in [7, 11) is 0. The highest BCUT2D eigenvalue weighted by atomic mass is 16.2. The smallest absolute Gasteiger partial charge is 0.254 e. The molecular weight excluding hydrogens is 340 g/mol. The molecule has 0 saturated carbocycles.